The van der Waals surface area contributed by atoms with E-state index < -0.39 is 0 Å². The summed E-state index contributed by atoms with van der Waals surface area (Å²) in [5.41, 5.74) is 1.37. The standard InChI is InChI=1S/C15H27NO/c1-12(2)8-7-9-14(5)16(6)11-10-15(17)13(3)4/h8,10-11,13-14H,7,9H2,1-6H3/b11-10+. The minimum atomic E-state index is 0.0839. The number of hydrogen-bond donors (Lipinski definition) is 0. The first-order valence-electron chi connectivity index (χ1n) is 6.42. The molecule has 0 aromatic heterocycles. The lowest BCUT2D eigenvalue weighted by Crippen LogP contribution is -2.24. The van der Waals surface area contributed by atoms with Crippen molar-refractivity contribution in [3.05, 3.63) is 23.9 Å². The fraction of sp³-hybridized carbons (Fsp3) is 0.667. The van der Waals surface area contributed by atoms with E-state index in [1.165, 1.54) is 5.57 Å². The Labute approximate surface area is 106 Å². The highest BCUT2D eigenvalue weighted by atomic mass is 16.1. The van der Waals surface area contributed by atoms with Gasteiger partial charge in [-0.15, -0.1) is 0 Å². The lowest BCUT2D eigenvalue weighted by Gasteiger charge is -2.22. The number of carbonyl (C=O) groups is 1. The zero-order valence-corrected chi connectivity index (χ0v) is 12.2. The molecule has 2 nitrogen and oxygen atoms in total. The van der Waals surface area contributed by atoms with E-state index in [1.807, 2.05) is 27.1 Å². The highest BCUT2D eigenvalue weighted by molar-refractivity contribution is 5.91. The Morgan fingerprint density at radius 2 is 1.82 bits per heavy atom. The van der Waals surface area contributed by atoms with Gasteiger partial charge in [0.05, 0.1) is 0 Å². The third-order valence-electron chi connectivity index (χ3n) is 2.88. The van der Waals surface area contributed by atoms with Crippen molar-refractivity contribution in [3.8, 4) is 0 Å². The molecule has 0 N–H and O–H groups in total. The molecule has 2 heteroatoms. The minimum absolute atomic E-state index is 0.0839. The topological polar surface area (TPSA) is 20.3 Å². The largest absolute Gasteiger partial charge is 0.378 e. The molecule has 0 fully saturated rings. The van der Waals surface area contributed by atoms with Crippen LogP contribution in [0.4, 0.5) is 0 Å². The number of allylic oxidation sites excluding steroid dienone is 3. The Morgan fingerprint density at radius 1 is 1.24 bits per heavy atom. The van der Waals surface area contributed by atoms with Crippen molar-refractivity contribution in [2.75, 3.05) is 7.05 Å². The van der Waals surface area contributed by atoms with Gasteiger partial charge in [0.2, 0.25) is 0 Å². The zero-order valence-electron chi connectivity index (χ0n) is 12.2. The molecular weight excluding hydrogens is 210 g/mol. The van der Waals surface area contributed by atoms with Crippen molar-refractivity contribution in [1.29, 1.82) is 0 Å². The Kier molecular flexibility index (Phi) is 7.60. The van der Waals surface area contributed by atoms with Crippen LogP contribution in [0.2, 0.25) is 0 Å². The fourth-order valence-corrected chi connectivity index (χ4v) is 1.35. The van der Waals surface area contributed by atoms with Gasteiger partial charge in [0, 0.05) is 25.2 Å². The molecule has 0 heterocycles. The minimum Gasteiger partial charge on any atom is -0.378 e. The van der Waals surface area contributed by atoms with E-state index in [-0.39, 0.29) is 11.7 Å². The third kappa shape index (κ3) is 7.78. The van der Waals surface area contributed by atoms with Crippen molar-refractivity contribution < 1.29 is 4.79 Å². The van der Waals surface area contributed by atoms with Crippen LogP contribution in [0.3, 0.4) is 0 Å². The van der Waals surface area contributed by atoms with Gasteiger partial charge in [0.15, 0.2) is 5.78 Å². The fourth-order valence-electron chi connectivity index (χ4n) is 1.35. The van der Waals surface area contributed by atoms with Gasteiger partial charge >= 0.3 is 0 Å². The van der Waals surface area contributed by atoms with E-state index in [2.05, 4.69) is 31.7 Å². The molecule has 98 valence electrons. The number of carbonyl (C=O) groups excluding carboxylic acids is 1. The molecule has 1 unspecified atom stereocenters. The van der Waals surface area contributed by atoms with E-state index >= 15 is 0 Å². The molecule has 0 rings (SSSR count). The SMILES string of the molecule is CC(C)=CCCC(C)N(C)/C=C/C(=O)C(C)C. The van der Waals surface area contributed by atoms with Gasteiger partial charge in [-0.3, -0.25) is 4.79 Å². The number of hydrogen-bond acceptors (Lipinski definition) is 2. The summed E-state index contributed by atoms with van der Waals surface area (Å²) >= 11 is 0. The van der Waals surface area contributed by atoms with Crippen LogP contribution in [0.25, 0.3) is 0 Å². The van der Waals surface area contributed by atoms with Gasteiger partial charge in [0.25, 0.3) is 0 Å². The van der Waals surface area contributed by atoms with Crippen molar-refractivity contribution in [3.63, 3.8) is 0 Å². The molecule has 0 amide bonds. The maximum Gasteiger partial charge on any atom is 0.159 e. The lowest BCUT2D eigenvalue weighted by molar-refractivity contribution is -0.117. The molecule has 0 radical (unpaired) electrons. The van der Waals surface area contributed by atoms with Crippen molar-refractivity contribution >= 4 is 5.78 Å². The average molecular weight is 237 g/mol. The Bertz CT molecular complexity index is 285. The number of nitrogens with zero attached hydrogens (tertiary/aromatic N) is 1. The summed E-state index contributed by atoms with van der Waals surface area (Å²) < 4.78 is 0. The molecular formula is C15H27NO. The summed E-state index contributed by atoms with van der Waals surface area (Å²) in [6, 6.07) is 0.460. The quantitative estimate of drug-likeness (QED) is 0.496. The molecule has 0 spiro atoms. The second-order valence-corrected chi connectivity index (χ2v) is 5.25. The Morgan fingerprint density at radius 3 is 2.29 bits per heavy atom. The van der Waals surface area contributed by atoms with E-state index in [4.69, 9.17) is 0 Å². The van der Waals surface area contributed by atoms with Crippen molar-refractivity contribution in [1.82, 2.24) is 4.90 Å². The first-order chi connectivity index (χ1) is 7.84. The number of rotatable bonds is 7. The van der Waals surface area contributed by atoms with E-state index in [1.54, 1.807) is 6.08 Å². The molecule has 0 aliphatic heterocycles. The van der Waals surface area contributed by atoms with Crippen LogP contribution in [0, 0.1) is 5.92 Å². The normalized spacial score (nSPS) is 12.9. The van der Waals surface area contributed by atoms with E-state index in [0.29, 0.717) is 6.04 Å². The van der Waals surface area contributed by atoms with Gasteiger partial charge in [-0.05, 0) is 39.7 Å². The van der Waals surface area contributed by atoms with E-state index in [9.17, 15) is 4.79 Å². The lowest BCUT2D eigenvalue weighted by atomic mass is 10.1. The van der Waals surface area contributed by atoms with Crippen LogP contribution in [0.1, 0.15) is 47.5 Å². The zero-order chi connectivity index (χ0) is 13.4. The van der Waals surface area contributed by atoms with Crippen LogP contribution in [-0.4, -0.2) is 23.8 Å². The maximum atomic E-state index is 11.5. The van der Waals surface area contributed by atoms with Crippen molar-refractivity contribution in [2.24, 2.45) is 5.92 Å². The second kappa shape index (κ2) is 8.10. The predicted octanol–water partition coefficient (Wildman–Crippen LogP) is 3.79. The summed E-state index contributed by atoms with van der Waals surface area (Å²) in [6.45, 7) is 10.3. The molecule has 0 saturated carbocycles. The average Bonchev–Trinajstić information content (AvgIpc) is 2.24. The van der Waals surface area contributed by atoms with Crippen LogP contribution >= 0.6 is 0 Å². The van der Waals surface area contributed by atoms with Crippen LogP contribution in [0.5, 0.6) is 0 Å². The summed E-state index contributed by atoms with van der Waals surface area (Å²) in [5.74, 6) is 0.272. The first-order valence-corrected chi connectivity index (χ1v) is 6.42. The molecule has 0 aliphatic rings. The van der Waals surface area contributed by atoms with Gasteiger partial charge in [-0.1, -0.05) is 25.5 Å². The molecule has 0 aromatic carbocycles. The summed E-state index contributed by atoms with van der Waals surface area (Å²) in [7, 11) is 2.03. The first kappa shape index (κ1) is 16.0. The summed E-state index contributed by atoms with van der Waals surface area (Å²) in [4.78, 5) is 13.6. The highest BCUT2D eigenvalue weighted by Gasteiger charge is 2.06. The van der Waals surface area contributed by atoms with Gasteiger partial charge in [0.1, 0.15) is 0 Å². The maximum absolute atomic E-state index is 11.5. The molecule has 1 atom stereocenters. The summed E-state index contributed by atoms with van der Waals surface area (Å²) in [5, 5.41) is 0. The molecule has 17 heavy (non-hydrogen) atoms. The molecule has 0 saturated heterocycles. The Hall–Kier alpha value is -1.05. The molecule has 0 bridgehead atoms. The van der Waals surface area contributed by atoms with Crippen LogP contribution < -0.4 is 0 Å². The highest BCUT2D eigenvalue weighted by Crippen LogP contribution is 2.07. The van der Waals surface area contributed by atoms with Gasteiger partial charge in [-0.25, -0.2) is 0 Å². The Balaban J connectivity index is 4.09. The smallest absolute Gasteiger partial charge is 0.159 e. The molecule has 0 aliphatic carbocycles. The third-order valence-corrected chi connectivity index (χ3v) is 2.88. The van der Waals surface area contributed by atoms with Crippen molar-refractivity contribution in [2.45, 2.75) is 53.5 Å². The second-order valence-electron chi connectivity index (χ2n) is 5.25. The van der Waals surface area contributed by atoms with Crippen LogP contribution in [-0.2, 0) is 4.79 Å². The molecule has 0 aromatic rings. The predicted molar refractivity (Wildman–Crippen MR) is 74.9 cm³/mol. The summed E-state index contributed by atoms with van der Waals surface area (Å²) in [6.07, 6.45) is 8.05. The monoisotopic (exact) mass is 237 g/mol. The van der Waals surface area contributed by atoms with Gasteiger partial charge < -0.3 is 4.90 Å². The number of ketones is 1. The van der Waals surface area contributed by atoms with E-state index in [0.717, 1.165) is 12.8 Å². The van der Waals surface area contributed by atoms with Gasteiger partial charge in [-0.2, -0.15) is 0 Å². The van der Waals surface area contributed by atoms with Crippen LogP contribution in [0.15, 0.2) is 23.9 Å².